The Morgan fingerprint density at radius 2 is 1.91 bits per heavy atom. The fourth-order valence-corrected chi connectivity index (χ4v) is 4.15. The summed E-state index contributed by atoms with van der Waals surface area (Å²) in [6.07, 6.45) is 6.75. The van der Waals surface area contributed by atoms with Crippen LogP contribution in [0.2, 0.25) is 0 Å². The second-order valence-corrected chi connectivity index (χ2v) is 7.92. The van der Waals surface area contributed by atoms with Crippen LogP contribution in [0.25, 0.3) is 11.1 Å². The third kappa shape index (κ3) is 4.17. The molecule has 4 heterocycles. The number of hydrogen-bond donors (Lipinski definition) is 1. The van der Waals surface area contributed by atoms with E-state index in [1.807, 2.05) is 35.2 Å². The van der Waals surface area contributed by atoms with Crippen LogP contribution < -0.4 is 10.1 Å². The topological polar surface area (TPSA) is 87.7 Å². The lowest BCUT2D eigenvalue weighted by atomic mass is 10.1. The van der Waals surface area contributed by atoms with Gasteiger partial charge in [0.05, 0.1) is 18.3 Å². The number of carbonyl (C=O) groups is 2. The molecule has 8 nitrogen and oxygen atoms in total. The summed E-state index contributed by atoms with van der Waals surface area (Å²) >= 11 is 0. The van der Waals surface area contributed by atoms with Crippen molar-refractivity contribution in [2.75, 3.05) is 38.1 Å². The minimum atomic E-state index is -0.0982. The summed E-state index contributed by atoms with van der Waals surface area (Å²) in [6, 6.07) is 13.0. The van der Waals surface area contributed by atoms with Gasteiger partial charge >= 0.3 is 0 Å². The molecule has 2 aliphatic rings. The molecule has 2 aromatic heterocycles. The number of fused-ring (bicyclic) bond motifs is 2. The van der Waals surface area contributed by atoms with Crippen LogP contribution in [0.1, 0.15) is 10.4 Å². The molecule has 2 amide bonds. The average molecular weight is 429 g/mol. The lowest BCUT2D eigenvalue weighted by Crippen LogP contribution is -2.57. The van der Waals surface area contributed by atoms with Crippen molar-refractivity contribution in [1.29, 1.82) is 0 Å². The number of carbonyl (C=O) groups excluding carboxylic acids is 2. The molecule has 32 heavy (non-hydrogen) atoms. The minimum absolute atomic E-state index is 0.0297. The van der Waals surface area contributed by atoms with Crippen LogP contribution in [0.15, 0.2) is 67.3 Å². The Labute approximate surface area is 185 Å². The van der Waals surface area contributed by atoms with E-state index in [1.54, 1.807) is 36.9 Å². The van der Waals surface area contributed by atoms with Crippen molar-refractivity contribution in [2.24, 2.45) is 0 Å². The molecule has 1 fully saturated rings. The molecule has 8 heteroatoms. The number of aromatic nitrogens is 2. The van der Waals surface area contributed by atoms with E-state index < -0.39 is 0 Å². The first kappa shape index (κ1) is 20.1. The second-order valence-electron chi connectivity index (χ2n) is 7.92. The summed E-state index contributed by atoms with van der Waals surface area (Å²) in [5.74, 6) is 0.488. The highest BCUT2D eigenvalue weighted by Crippen LogP contribution is 2.32. The summed E-state index contributed by atoms with van der Waals surface area (Å²) in [7, 11) is 0. The van der Waals surface area contributed by atoms with E-state index >= 15 is 0 Å². The molecule has 0 spiro atoms. The smallest absolute Gasteiger partial charge is 0.254 e. The number of pyridine rings is 2. The van der Waals surface area contributed by atoms with Gasteiger partial charge in [-0.15, -0.1) is 0 Å². The maximum Gasteiger partial charge on any atom is 0.254 e. The number of anilines is 1. The van der Waals surface area contributed by atoms with Gasteiger partial charge in [-0.25, -0.2) is 0 Å². The average Bonchev–Trinajstić information content (AvgIpc) is 2.90. The molecular weight excluding hydrogens is 406 g/mol. The fourth-order valence-electron chi connectivity index (χ4n) is 4.15. The summed E-state index contributed by atoms with van der Waals surface area (Å²) in [5, 5.41) is 2.99. The molecule has 0 unspecified atom stereocenters. The fraction of sp³-hybridized carbons (Fsp3) is 0.250. The summed E-state index contributed by atoms with van der Waals surface area (Å²) in [5.41, 5.74) is 3.17. The lowest BCUT2D eigenvalue weighted by molar-refractivity contribution is -0.118. The van der Waals surface area contributed by atoms with Crippen LogP contribution in [0.5, 0.6) is 5.75 Å². The van der Waals surface area contributed by atoms with Crippen molar-refractivity contribution in [2.45, 2.75) is 6.04 Å². The van der Waals surface area contributed by atoms with E-state index in [0.717, 1.165) is 11.1 Å². The highest BCUT2D eigenvalue weighted by Gasteiger charge is 2.32. The molecule has 2 aliphatic heterocycles. The highest BCUT2D eigenvalue weighted by atomic mass is 16.5. The SMILES string of the molecule is O=C1CN2CCN(C(=O)c3ccncc3)C[C@H]2COc2ccc(-c3cccnc3)cc2N1. The number of nitrogens with zero attached hydrogens (tertiary/aromatic N) is 4. The van der Waals surface area contributed by atoms with Gasteiger partial charge in [-0.1, -0.05) is 12.1 Å². The van der Waals surface area contributed by atoms with Gasteiger partial charge in [-0.2, -0.15) is 0 Å². The third-order valence-electron chi connectivity index (χ3n) is 5.85. The first-order valence-corrected chi connectivity index (χ1v) is 10.6. The van der Waals surface area contributed by atoms with E-state index in [-0.39, 0.29) is 24.4 Å². The van der Waals surface area contributed by atoms with Gasteiger partial charge in [0.1, 0.15) is 12.4 Å². The predicted octanol–water partition coefficient (Wildman–Crippen LogP) is 2.30. The second kappa shape index (κ2) is 8.76. The Kier molecular flexibility index (Phi) is 5.51. The Balaban J connectivity index is 1.36. The van der Waals surface area contributed by atoms with E-state index in [9.17, 15) is 9.59 Å². The van der Waals surface area contributed by atoms with Crippen molar-refractivity contribution in [1.82, 2.24) is 19.8 Å². The lowest BCUT2D eigenvalue weighted by Gasteiger charge is -2.40. The Morgan fingerprint density at radius 3 is 2.72 bits per heavy atom. The molecule has 162 valence electrons. The summed E-state index contributed by atoms with van der Waals surface area (Å²) in [4.78, 5) is 37.7. The van der Waals surface area contributed by atoms with Crippen molar-refractivity contribution in [3.63, 3.8) is 0 Å². The van der Waals surface area contributed by atoms with Gasteiger partial charge in [0, 0.05) is 55.5 Å². The Hall–Kier alpha value is -3.78. The molecule has 1 aromatic carbocycles. The van der Waals surface area contributed by atoms with E-state index in [1.165, 1.54) is 0 Å². The Morgan fingerprint density at radius 1 is 1.03 bits per heavy atom. The number of piperazine rings is 1. The first-order chi connectivity index (χ1) is 15.7. The zero-order chi connectivity index (χ0) is 21.9. The van der Waals surface area contributed by atoms with Crippen LogP contribution in [-0.4, -0.2) is 70.4 Å². The number of rotatable bonds is 2. The molecule has 1 atom stereocenters. The van der Waals surface area contributed by atoms with Crippen molar-refractivity contribution in [3.8, 4) is 16.9 Å². The Bertz CT molecular complexity index is 1120. The van der Waals surface area contributed by atoms with Gasteiger partial charge in [-0.05, 0) is 35.9 Å². The standard InChI is InChI=1S/C24H23N5O3/c30-23-15-28-10-11-29(24(31)17-5-8-25-9-6-17)14-20(28)16-32-22-4-3-18(12-21(22)27-23)19-2-1-7-26-13-19/h1-9,12-13,20H,10-11,14-16H2,(H,27,30)/t20-/m0/s1. The van der Waals surface area contributed by atoms with E-state index in [0.29, 0.717) is 43.2 Å². The molecule has 3 aromatic rings. The molecule has 0 radical (unpaired) electrons. The van der Waals surface area contributed by atoms with Crippen molar-refractivity contribution in [3.05, 3.63) is 72.8 Å². The van der Waals surface area contributed by atoms with Crippen LogP contribution in [0, 0.1) is 0 Å². The monoisotopic (exact) mass is 429 g/mol. The molecule has 1 saturated heterocycles. The van der Waals surface area contributed by atoms with E-state index in [4.69, 9.17) is 4.74 Å². The van der Waals surface area contributed by atoms with Gasteiger partial charge in [0.2, 0.25) is 5.91 Å². The number of amides is 2. The quantitative estimate of drug-likeness (QED) is 0.673. The minimum Gasteiger partial charge on any atom is -0.490 e. The molecule has 1 N–H and O–H groups in total. The molecule has 0 aliphatic carbocycles. The molecular formula is C24H23N5O3. The molecule has 5 rings (SSSR count). The number of benzene rings is 1. The van der Waals surface area contributed by atoms with Crippen LogP contribution in [0.4, 0.5) is 5.69 Å². The van der Waals surface area contributed by atoms with Gasteiger partial charge in [0.15, 0.2) is 0 Å². The maximum atomic E-state index is 12.9. The van der Waals surface area contributed by atoms with Crippen LogP contribution >= 0.6 is 0 Å². The van der Waals surface area contributed by atoms with E-state index in [2.05, 4.69) is 20.2 Å². The van der Waals surface area contributed by atoms with Crippen molar-refractivity contribution >= 4 is 17.5 Å². The van der Waals surface area contributed by atoms with Gasteiger partial charge < -0.3 is 15.0 Å². The summed E-state index contributed by atoms with van der Waals surface area (Å²) < 4.78 is 6.13. The molecule has 0 bridgehead atoms. The maximum absolute atomic E-state index is 12.9. The normalized spacial score (nSPS) is 18.8. The number of ether oxygens (including phenoxy) is 1. The zero-order valence-corrected chi connectivity index (χ0v) is 17.5. The number of hydrogen-bond acceptors (Lipinski definition) is 6. The first-order valence-electron chi connectivity index (χ1n) is 10.6. The predicted molar refractivity (Wildman–Crippen MR) is 119 cm³/mol. The van der Waals surface area contributed by atoms with Crippen molar-refractivity contribution < 1.29 is 14.3 Å². The van der Waals surface area contributed by atoms with Crippen LogP contribution in [0.3, 0.4) is 0 Å². The van der Waals surface area contributed by atoms with Gasteiger partial charge in [0.25, 0.3) is 5.91 Å². The van der Waals surface area contributed by atoms with Crippen LogP contribution in [-0.2, 0) is 4.79 Å². The molecule has 0 saturated carbocycles. The zero-order valence-electron chi connectivity index (χ0n) is 17.5. The summed E-state index contributed by atoms with van der Waals surface area (Å²) in [6.45, 7) is 2.30. The third-order valence-corrected chi connectivity index (χ3v) is 5.85. The largest absolute Gasteiger partial charge is 0.490 e. The van der Waals surface area contributed by atoms with Gasteiger partial charge in [-0.3, -0.25) is 24.5 Å². The highest BCUT2D eigenvalue weighted by molar-refractivity contribution is 5.95. The number of nitrogens with one attached hydrogen (secondary N) is 1.